The van der Waals surface area contributed by atoms with E-state index >= 15 is 0 Å². The predicted molar refractivity (Wildman–Crippen MR) is 110 cm³/mol. The molecule has 0 aliphatic heterocycles. The van der Waals surface area contributed by atoms with E-state index in [0.717, 1.165) is 5.56 Å². The molecular formula is C23H14AsN2O4. The van der Waals surface area contributed by atoms with Gasteiger partial charge in [0.25, 0.3) is 0 Å². The van der Waals surface area contributed by atoms with E-state index in [9.17, 15) is 14.9 Å². The molecule has 30 heavy (non-hydrogen) atoms. The van der Waals surface area contributed by atoms with Gasteiger partial charge < -0.3 is 0 Å². The van der Waals surface area contributed by atoms with Crippen molar-refractivity contribution in [3.05, 3.63) is 95.4 Å². The molecule has 0 aliphatic rings. The molecule has 4 rings (SSSR count). The number of fused-ring (bicyclic) bond motifs is 1. The van der Waals surface area contributed by atoms with Gasteiger partial charge in [0.05, 0.1) is 0 Å². The number of carbonyl (C=O) groups excluding carboxylic acids is 2. The molecule has 1 aromatic heterocycles. The van der Waals surface area contributed by atoms with E-state index in [-0.39, 0.29) is 22.6 Å². The molecule has 4 aromatic rings. The second-order valence-electron chi connectivity index (χ2n) is 6.31. The fourth-order valence-electron chi connectivity index (χ4n) is 2.79. The number of rotatable bonds is 6. The molecule has 0 saturated carbocycles. The van der Waals surface area contributed by atoms with Crippen LogP contribution in [0.5, 0.6) is 0 Å². The molecule has 0 saturated heterocycles. The van der Waals surface area contributed by atoms with Crippen LogP contribution in [0.4, 0.5) is 0 Å². The molecule has 1 radical (unpaired) electrons. The first-order valence-corrected chi connectivity index (χ1v) is 10.9. The summed E-state index contributed by atoms with van der Waals surface area (Å²) >= 11 is -1.12. The Kier molecular flexibility index (Phi) is 5.74. The minimum absolute atomic E-state index is 0.0177. The Labute approximate surface area is 178 Å². The monoisotopic (exact) mass is 457 g/mol. The Morgan fingerprint density at radius 1 is 1.03 bits per heavy atom. The zero-order chi connectivity index (χ0) is 20.9. The van der Waals surface area contributed by atoms with Crippen molar-refractivity contribution in [1.29, 1.82) is 5.26 Å². The summed E-state index contributed by atoms with van der Waals surface area (Å²) in [5.74, 6) is -0.559. The number of oxazole rings is 1. The van der Waals surface area contributed by atoms with Gasteiger partial charge in [-0.3, -0.25) is 0 Å². The van der Waals surface area contributed by atoms with E-state index in [1.165, 1.54) is 6.07 Å². The van der Waals surface area contributed by atoms with Gasteiger partial charge >= 0.3 is 179 Å². The van der Waals surface area contributed by atoms with Crippen molar-refractivity contribution in [2.24, 2.45) is 0 Å². The molecule has 0 unspecified atom stereocenters. The normalized spacial score (nSPS) is 10.9. The van der Waals surface area contributed by atoms with Crippen LogP contribution in [0, 0.1) is 11.3 Å². The SMILES string of the molecule is N#Cc1ccc([As]C(=O)c2nc3ccccc3o2)c(C(=O)OCc2ccccc2)c1. The number of nitriles is 1. The first kappa shape index (κ1) is 19.6. The molecule has 0 spiro atoms. The number of benzene rings is 3. The van der Waals surface area contributed by atoms with Gasteiger partial charge in [0.2, 0.25) is 0 Å². The Bertz CT molecular complexity index is 1240. The van der Waals surface area contributed by atoms with Gasteiger partial charge in [0.1, 0.15) is 0 Å². The second kappa shape index (κ2) is 8.77. The number of hydrogen-bond acceptors (Lipinski definition) is 6. The Balaban J connectivity index is 1.57. The number of para-hydroxylation sites is 2. The Morgan fingerprint density at radius 3 is 2.57 bits per heavy atom. The van der Waals surface area contributed by atoms with Crippen LogP contribution in [0.2, 0.25) is 0 Å². The molecule has 0 amide bonds. The summed E-state index contributed by atoms with van der Waals surface area (Å²) in [5, 5.41) is 9.20. The summed E-state index contributed by atoms with van der Waals surface area (Å²) in [6.07, 6.45) is 0. The Hall–Kier alpha value is -3.68. The van der Waals surface area contributed by atoms with Crippen LogP contribution in [0.3, 0.4) is 0 Å². The molecule has 0 aliphatic carbocycles. The molecule has 0 bridgehead atoms. The van der Waals surface area contributed by atoms with E-state index in [2.05, 4.69) is 4.98 Å². The van der Waals surface area contributed by atoms with Gasteiger partial charge in [-0.15, -0.1) is 0 Å². The number of nitrogens with zero attached hydrogens (tertiary/aromatic N) is 2. The standard InChI is InChI=1S/C23H14AsN2O4/c25-13-16-10-11-18(17(12-16)23(28)29-14-15-6-2-1-3-7-15)24-21(27)22-26-19-8-4-5-9-20(19)30-22/h1-12H,14H2. The van der Waals surface area contributed by atoms with Gasteiger partial charge in [0, 0.05) is 0 Å². The fourth-order valence-corrected chi connectivity index (χ4v) is 4.54. The average Bonchev–Trinajstić information content (AvgIpc) is 3.23. The number of aromatic nitrogens is 1. The van der Waals surface area contributed by atoms with E-state index in [1.807, 2.05) is 42.5 Å². The first-order valence-electron chi connectivity index (χ1n) is 9.01. The van der Waals surface area contributed by atoms with Gasteiger partial charge in [-0.2, -0.15) is 0 Å². The molecule has 0 atom stereocenters. The van der Waals surface area contributed by atoms with Crippen molar-refractivity contribution >= 4 is 41.7 Å². The van der Waals surface area contributed by atoms with Crippen molar-refractivity contribution in [1.82, 2.24) is 4.98 Å². The maximum absolute atomic E-state index is 12.8. The molecular weight excluding hydrogens is 443 g/mol. The molecule has 0 fully saturated rings. The number of hydrogen-bond donors (Lipinski definition) is 0. The maximum atomic E-state index is 12.8. The molecule has 7 heteroatoms. The van der Waals surface area contributed by atoms with Crippen molar-refractivity contribution in [3.8, 4) is 6.07 Å². The summed E-state index contributed by atoms with van der Waals surface area (Å²) in [5.41, 5.74) is 2.52. The van der Waals surface area contributed by atoms with E-state index < -0.39 is 21.7 Å². The predicted octanol–water partition coefficient (Wildman–Crippen LogP) is 3.23. The quantitative estimate of drug-likeness (QED) is 0.326. The summed E-state index contributed by atoms with van der Waals surface area (Å²) < 4.78 is 11.2. The first-order chi connectivity index (χ1) is 14.6. The van der Waals surface area contributed by atoms with E-state index in [1.54, 1.807) is 30.3 Å². The van der Waals surface area contributed by atoms with Crippen molar-refractivity contribution < 1.29 is 18.7 Å². The topological polar surface area (TPSA) is 93.2 Å². The zero-order valence-corrected chi connectivity index (χ0v) is 17.5. The molecule has 145 valence electrons. The Morgan fingerprint density at radius 2 is 1.80 bits per heavy atom. The van der Waals surface area contributed by atoms with Crippen molar-refractivity contribution in [3.63, 3.8) is 0 Å². The van der Waals surface area contributed by atoms with Crippen LogP contribution in [0.15, 0.2) is 77.2 Å². The third-order valence-corrected chi connectivity index (χ3v) is 6.41. The molecule has 3 aromatic carbocycles. The summed E-state index contributed by atoms with van der Waals surface area (Å²) in [6, 6.07) is 23.1. The summed E-state index contributed by atoms with van der Waals surface area (Å²) in [4.78, 5) is 29.7. The number of ether oxygens (including phenoxy) is 1. The number of carbonyl (C=O) groups is 2. The van der Waals surface area contributed by atoms with Gasteiger partial charge in [-0.25, -0.2) is 0 Å². The van der Waals surface area contributed by atoms with Gasteiger partial charge in [-0.1, -0.05) is 0 Å². The van der Waals surface area contributed by atoms with Crippen molar-refractivity contribution in [2.75, 3.05) is 0 Å². The number of esters is 1. The summed E-state index contributed by atoms with van der Waals surface area (Å²) in [6.45, 7) is 0.103. The van der Waals surface area contributed by atoms with Crippen LogP contribution in [-0.2, 0) is 11.3 Å². The van der Waals surface area contributed by atoms with E-state index in [0.29, 0.717) is 21.0 Å². The van der Waals surface area contributed by atoms with Crippen LogP contribution < -0.4 is 4.35 Å². The van der Waals surface area contributed by atoms with Crippen LogP contribution >= 0.6 is 0 Å². The van der Waals surface area contributed by atoms with Crippen LogP contribution in [-0.4, -0.2) is 31.3 Å². The van der Waals surface area contributed by atoms with Crippen LogP contribution in [0.25, 0.3) is 11.1 Å². The van der Waals surface area contributed by atoms with Crippen molar-refractivity contribution in [2.45, 2.75) is 6.61 Å². The van der Waals surface area contributed by atoms with Gasteiger partial charge in [-0.05, 0) is 0 Å². The molecule has 6 nitrogen and oxygen atoms in total. The molecule has 0 N–H and O–H groups in total. The average molecular weight is 457 g/mol. The van der Waals surface area contributed by atoms with Crippen LogP contribution in [0.1, 0.15) is 32.2 Å². The van der Waals surface area contributed by atoms with E-state index in [4.69, 9.17) is 9.15 Å². The van der Waals surface area contributed by atoms with Gasteiger partial charge in [0.15, 0.2) is 0 Å². The third kappa shape index (κ3) is 4.32. The molecule has 1 heterocycles. The fraction of sp³-hybridized carbons (Fsp3) is 0.0435. The minimum atomic E-state index is -1.12. The summed E-state index contributed by atoms with van der Waals surface area (Å²) in [7, 11) is 0. The third-order valence-electron chi connectivity index (χ3n) is 4.26. The zero-order valence-electron chi connectivity index (χ0n) is 15.6. The second-order valence-corrected chi connectivity index (χ2v) is 8.64.